The first kappa shape index (κ1) is 13.3. The molecule has 18 heavy (non-hydrogen) atoms. The molecule has 0 bridgehead atoms. The Morgan fingerprint density at radius 1 is 0.944 bits per heavy atom. The van der Waals surface area contributed by atoms with Crippen LogP contribution >= 0.6 is 23.4 Å². The molecule has 0 atom stereocenters. The maximum absolute atomic E-state index is 13.1. The first-order valence-corrected chi connectivity index (χ1v) is 6.44. The molecule has 2 aromatic rings. The zero-order chi connectivity index (χ0) is 13.1. The van der Waals surface area contributed by atoms with E-state index in [1.807, 2.05) is 0 Å². The van der Waals surface area contributed by atoms with Crippen LogP contribution in [0.15, 0.2) is 41.3 Å². The van der Waals surface area contributed by atoms with Crippen LogP contribution in [0.3, 0.4) is 0 Å². The smallest absolute Gasteiger partial charge is 0.159 e. The maximum Gasteiger partial charge on any atom is 0.159 e. The number of thioether (sulfide) groups is 1. The van der Waals surface area contributed by atoms with Crippen LogP contribution in [0.1, 0.15) is 5.56 Å². The van der Waals surface area contributed by atoms with Gasteiger partial charge in [-0.15, -0.1) is 11.8 Å². The van der Waals surface area contributed by atoms with Crippen molar-refractivity contribution in [1.82, 2.24) is 0 Å². The van der Waals surface area contributed by atoms with Gasteiger partial charge in [-0.1, -0.05) is 17.7 Å². The monoisotopic (exact) mass is 288 g/mol. The minimum absolute atomic E-state index is 0.308. The Kier molecular flexibility index (Phi) is 4.19. The minimum Gasteiger partial charge on any atom is -0.207 e. The van der Waals surface area contributed by atoms with Crippen LogP contribution in [0.5, 0.6) is 0 Å². The predicted octanol–water partition coefficient (Wildman–Crippen LogP) is 5.05. The third kappa shape index (κ3) is 3.43. The van der Waals surface area contributed by atoms with Gasteiger partial charge in [0.15, 0.2) is 11.6 Å². The molecule has 0 unspecified atom stereocenters. The lowest BCUT2D eigenvalue weighted by Crippen LogP contribution is -1.87. The van der Waals surface area contributed by atoms with Gasteiger partial charge in [0.05, 0.1) is 0 Å². The van der Waals surface area contributed by atoms with Crippen LogP contribution in [0.4, 0.5) is 13.2 Å². The van der Waals surface area contributed by atoms with Gasteiger partial charge in [0.1, 0.15) is 5.82 Å². The highest BCUT2D eigenvalue weighted by Gasteiger charge is 2.04. The number of rotatable bonds is 3. The zero-order valence-electron chi connectivity index (χ0n) is 9.09. The summed E-state index contributed by atoms with van der Waals surface area (Å²) in [5.41, 5.74) is 0.624. The molecule has 0 aromatic heterocycles. The van der Waals surface area contributed by atoms with Crippen molar-refractivity contribution in [3.63, 3.8) is 0 Å². The van der Waals surface area contributed by atoms with Gasteiger partial charge in [0, 0.05) is 15.7 Å². The SMILES string of the molecule is Fc1cc(Cl)cc(SCc2ccc(F)c(F)c2)c1. The van der Waals surface area contributed by atoms with Crippen molar-refractivity contribution in [1.29, 1.82) is 0 Å². The lowest BCUT2D eigenvalue weighted by atomic mass is 10.2. The predicted molar refractivity (Wildman–Crippen MR) is 67.3 cm³/mol. The fourth-order valence-electron chi connectivity index (χ4n) is 1.41. The van der Waals surface area contributed by atoms with Crippen LogP contribution in [0.2, 0.25) is 5.02 Å². The standard InChI is InChI=1S/C13H8ClF3S/c14-9-4-10(15)6-11(5-9)18-7-8-1-2-12(16)13(17)3-8/h1-6H,7H2. The molecule has 0 nitrogen and oxygen atoms in total. The van der Waals surface area contributed by atoms with Crippen molar-refractivity contribution in [2.24, 2.45) is 0 Å². The second-order valence-corrected chi connectivity index (χ2v) is 5.13. The molecule has 2 rings (SSSR count). The molecule has 5 heteroatoms. The molecule has 0 saturated carbocycles. The second-order valence-electron chi connectivity index (χ2n) is 3.64. The lowest BCUT2D eigenvalue weighted by Gasteiger charge is -2.04. The summed E-state index contributed by atoms with van der Waals surface area (Å²) in [4.78, 5) is 0.643. The van der Waals surface area contributed by atoms with E-state index in [1.165, 1.54) is 30.0 Å². The Hall–Kier alpha value is -1.13. The van der Waals surface area contributed by atoms with Gasteiger partial charge in [-0.25, -0.2) is 13.2 Å². The van der Waals surface area contributed by atoms with Crippen molar-refractivity contribution in [3.8, 4) is 0 Å². The van der Waals surface area contributed by atoms with Gasteiger partial charge in [0.2, 0.25) is 0 Å². The second kappa shape index (κ2) is 5.67. The minimum atomic E-state index is -0.884. The number of benzene rings is 2. The molecule has 0 N–H and O–H groups in total. The van der Waals surface area contributed by atoms with E-state index in [-0.39, 0.29) is 0 Å². The summed E-state index contributed by atoms with van der Waals surface area (Å²) in [5.74, 6) is -1.77. The van der Waals surface area contributed by atoms with E-state index in [0.717, 1.165) is 12.1 Å². The lowest BCUT2D eigenvalue weighted by molar-refractivity contribution is 0.507. The van der Waals surface area contributed by atoms with Crippen molar-refractivity contribution in [3.05, 3.63) is 64.4 Å². The van der Waals surface area contributed by atoms with Gasteiger partial charge in [-0.2, -0.15) is 0 Å². The molecular weight excluding hydrogens is 281 g/mol. The van der Waals surface area contributed by atoms with Gasteiger partial charge < -0.3 is 0 Å². The molecule has 0 radical (unpaired) electrons. The van der Waals surface area contributed by atoms with E-state index >= 15 is 0 Å². The summed E-state index contributed by atoms with van der Waals surface area (Å²) in [6, 6.07) is 7.87. The van der Waals surface area contributed by atoms with Crippen molar-refractivity contribution >= 4 is 23.4 Å². The van der Waals surface area contributed by atoms with E-state index in [4.69, 9.17) is 11.6 Å². The largest absolute Gasteiger partial charge is 0.207 e. The summed E-state index contributed by atoms with van der Waals surface area (Å²) in [6.45, 7) is 0. The molecule has 0 amide bonds. The Balaban J connectivity index is 2.08. The number of halogens is 4. The molecule has 0 aliphatic carbocycles. The molecule has 0 spiro atoms. The maximum atomic E-state index is 13.1. The highest BCUT2D eigenvalue weighted by molar-refractivity contribution is 7.98. The fourth-order valence-corrected chi connectivity index (χ4v) is 2.61. The summed E-state index contributed by atoms with van der Waals surface area (Å²) < 4.78 is 38.8. The molecule has 0 aliphatic rings. The summed E-state index contributed by atoms with van der Waals surface area (Å²) in [6.07, 6.45) is 0. The number of hydrogen-bond donors (Lipinski definition) is 0. The third-order valence-corrected chi connectivity index (χ3v) is 3.49. The molecule has 0 heterocycles. The Labute approximate surface area is 112 Å². The van der Waals surface area contributed by atoms with Crippen LogP contribution in [0.25, 0.3) is 0 Å². The molecule has 0 saturated heterocycles. The average Bonchev–Trinajstić information content (AvgIpc) is 2.29. The summed E-state index contributed by atoms with van der Waals surface area (Å²) >= 11 is 7.02. The average molecular weight is 289 g/mol. The molecule has 2 aromatic carbocycles. The van der Waals surface area contributed by atoms with Gasteiger partial charge in [-0.05, 0) is 35.9 Å². The van der Waals surface area contributed by atoms with E-state index < -0.39 is 17.5 Å². The molecular formula is C13H8ClF3S. The van der Waals surface area contributed by atoms with Crippen molar-refractivity contribution < 1.29 is 13.2 Å². The Bertz CT molecular complexity index is 552. The third-order valence-electron chi connectivity index (χ3n) is 2.23. The van der Waals surface area contributed by atoms with Gasteiger partial charge in [-0.3, -0.25) is 0 Å². The first-order valence-electron chi connectivity index (χ1n) is 5.07. The summed E-state index contributed by atoms with van der Waals surface area (Å²) in [7, 11) is 0. The summed E-state index contributed by atoms with van der Waals surface area (Å²) in [5, 5.41) is 0.308. The normalized spacial score (nSPS) is 10.7. The first-order chi connectivity index (χ1) is 8.54. The van der Waals surface area contributed by atoms with E-state index in [9.17, 15) is 13.2 Å². The number of hydrogen-bond acceptors (Lipinski definition) is 1. The van der Waals surface area contributed by atoms with E-state index in [0.29, 0.717) is 21.2 Å². The van der Waals surface area contributed by atoms with Gasteiger partial charge in [0.25, 0.3) is 0 Å². The fraction of sp³-hybridized carbons (Fsp3) is 0.0769. The Morgan fingerprint density at radius 2 is 1.72 bits per heavy atom. The van der Waals surface area contributed by atoms with Crippen LogP contribution in [0, 0.1) is 17.5 Å². The molecule has 0 aliphatic heterocycles. The van der Waals surface area contributed by atoms with Crippen LogP contribution < -0.4 is 0 Å². The van der Waals surface area contributed by atoms with Crippen LogP contribution in [-0.2, 0) is 5.75 Å². The zero-order valence-corrected chi connectivity index (χ0v) is 10.7. The Morgan fingerprint density at radius 3 is 2.39 bits per heavy atom. The van der Waals surface area contributed by atoms with E-state index in [1.54, 1.807) is 6.07 Å². The quantitative estimate of drug-likeness (QED) is 0.712. The topological polar surface area (TPSA) is 0 Å². The van der Waals surface area contributed by atoms with Crippen LogP contribution in [-0.4, -0.2) is 0 Å². The highest BCUT2D eigenvalue weighted by Crippen LogP contribution is 2.27. The van der Waals surface area contributed by atoms with E-state index in [2.05, 4.69) is 0 Å². The molecule has 94 valence electrons. The van der Waals surface area contributed by atoms with Crippen molar-refractivity contribution in [2.45, 2.75) is 10.6 Å². The van der Waals surface area contributed by atoms with Crippen molar-refractivity contribution in [2.75, 3.05) is 0 Å². The molecule has 0 fully saturated rings. The highest BCUT2D eigenvalue weighted by atomic mass is 35.5. The van der Waals surface area contributed by atoms with Gasteiger partial charge >= 0.3 is 0 Å².